The van der Waals surface area contributed by atoms with E-state index in [-0.39, 0.29) is 5.91 Å². The summed E-state index contributed by atoms with van der Waals surface area (Å²) in [5.74, 6) is 1.02. The average Bonchev–Trinajstić information content (AvgIpc) is 2.73. The largest absolute Gasteiger partial charge is 0.352 e. The molecule has 0 aliphatic heterocycles. The number of carbonyl (C=O) groups excluding carboxylic acids is 1. The van der Waals surface area contributed by atoms with E-state index < -0.39 is 0 Å². The fourth-order valence-corrected chi connectivity index (χ4v) is 2.30. The summed E-state index contributed by atoms with van der Waals surface area (Å²) in [6.07, 6.45) is 0.527. The van der Waals surface area contributed by atoms with Gasteiger partial charge in [0.15, 0.2) is 5.82 Å². The van der Waals surface area contributed by atoms with Crippen molar-refractivity contribution in [1.82, 2.24) is 15.5 Å². The summed E-state index contributed by atoms with van der Waals surface area (Å²) in [5.41, 5.74) is 1.67. The molecule has 0 saturated heterocycles. The van der Waals surface area contributed by atoms with Gasteiger partial charge in [0.25, 0.3) is 5.91 Å². The first-order chi connectivity index (χ1) is 9.04. The van der Waals surface area contributed by atoms with Crippen LogP contribution in [0.1, 0.15) is 27.6 Å². The van der Waals surface area contributed by atoms with Crippen molar-refractivity contribution in [1.29, 1.82) is 0 Å². The highest BCUT2D eigenvalue weighted by molar-refractivity contribution is 9.10. The first-order valence-electron chi connectivity index (χ1n) is 5.89. The highest BCUT2D eigenvalue weighted by Gasteiger charge is 2.08. The molecule has 1 amide bonds. The molecule has 1 heterocycles. The van der Waals surface area contributed by atoms with Crippen molar-refractivity contribution in [2.24, 2.45) is 0 Å². The number of benzene rings is 1. The zero-order valence-corrected chi connectivity index (χ0v) is 12.3. The van der Waals surface area contributed by atoms with Crippen LogP contribution in [0.2, 0.25) is 0 Å². The standard InChI is InChI=1S/C13H14BrN3O2/c1-8-5-10(7-11(14)6-8)13(18)15-4-3-12-16-9(2)17-19-12/h5-7H,3-4H2,1-2H3,(H,15,18). The summed E-state index contributed by atoms with van der Waals surface area (Å²) < 4.78 is 5.86. The van der Waals surface area contributed by atoms with Gasteiger partial charge in [-0.15, -0.1) is 0 Å². The smallest absolute Gasteiger partial charge is 0.251 e. The lowest BCUT2D eigenvalue weighted by Gasteiger charge is -2.05. The molecule has 0 bridgehead atoms. The molecule has 0 aliphatic carbocycles. The van der Waals surface area contributed by atoms with Gasteiger partial charge in [-0.2, -0.15) is 4.98 Å². The van der Waals surface area contributed by atoms with Crippen LogP contribution in [0.4, 0.5) is 0 Å². The zero-order valence-electron chi connectivity index (χ0n) is 10.7. The monoisotopic (exact) mass is 323 g/mol. The Labute approximate surface area is 119 Å². The van der Waals surface area contributed by atoms with Gasteiger partial charge in [-0.1, -0.05) is 21.1 Å². The third-order valence-corrected chi connectivity index (χ3v) is 2.96. The Morgan fingerprint density at radius 1 is 1.37 bits per heavy atom. The van der Waals surface area contributed by atoms with Crippen LogP contribution in [0.25, 0.3) is 0 Å². The molecule has 0 fully saturated rings. The minimum Gasteiger partial charge on any atom is -0.352 e. The van der Waals surface area contributed by atoms with Crippen LogP contribution in [0.5, 0.6) is 0 Å². The van der Waals surface area contributed by atoms with Crippen molar-refractivity contribution < 1.29 is 9.32 Å². The van der Waals surface area contributed by atoms with E-state index in [2.05, 4.69) is 31.4 Å². The first kappa shape index (κ1) is 13.7. The van der Waals surface area contributed by atoms with Crippen molar-refractivity contribution in [3.63, 3.8) is 0 Å². The highest BCUT2D eigenvalue weighted by atomic mass is 79.9. The molecule has 0 atom stereocenters. The fraction of sp³-hybridized carbons (Fsp3) is 0.308. The minimum absolute atomic E-state index is 0.111. The number of nitrogens with zero attached hydrogens (tertiary/aromatic N) is 2. The lowest BCUT2D eigenvalue weighted by atomic mass is 10.1. The van der Waals surface area contributed by atoms with Gasteiger partial charge in [0.05, 0.1) is 0 Å². The molecular weight excluding hydrogens is 310 g/mol. The number of aryl methyl sites for hydroxylation is 2. The van der Waals surface area contributed by atoms with E-state index in [0.29, 0.717) is 30.2 Å². The average molecular weight is 324 g/mol. The topological polar surface area (TPSA) is 68.0 Å². The maximum Gasteiger partial charge on any atom is 0.251 e. The Bertz CT molecular complexity index is 575. The number of hydrogen-bond donors (Lipinski definition) is 1. The van der Waals surface area contributed by atoms with Crippen molar-refractivity contribution in [3.05, 3.63) is 45.5 Å². The minimum atomic E-state index is -0.111. The number of halogens is 1. The fourth-order valence-electron chi connectivity index (χ4n) is 1.69. The number of nitrogens with one attached hydrogen (secondary N) is 1. The Morgan fingerprint density at radius 2 is 2.16 bits per heavy atom. The van der Waals surface area contributed by atoms with Gasteiger partial charge in [-0.25, -0.2) is 0 Å². The van der Waals surface area contributed by atoms with Crippen molar-refractivity contribution in [3.8, 4) is 0 Å². The highest BCUT2D eigenvalue weighted by Crippen LogP contribution is 2.15. The van der Waals surface area contributed by atoms with Crippen molar-refractivity contribution in [2.45, 2.75) is 20.3 Å². The Morgan fingerprint density at radius 3 is 2.79 bits per heavy atom. The number of aromatic nitrogens is 2. The lowest BCUT2D eigenvalue weighted by molar-refractivity contribution is 0.0953. The van der Waals surface area contributed by atoms with Gasteiger partial charge in [0.2, 0.25) is 5.89 Å². The van der Waals surface area contributed by atoms with Crippen LogP contribution in [0.15, 0.2) is 27.2 Å². The van der Waals surface area contributed by atoms with Gasteiger partial charge in [-0.3, -0.25) is 4.79 Å². The van der Waals surface area contributed by atoms with Crippen LogP contribution >= 0.6 is 15.9 Å². The SMILES string of the molecule is Cc1cc(Br)cc(C(=O)NCCc2nc(C)no2)c1. The molecule has 1 aromatic heterocycles. The summed E-state index contributed by atoms with van der Waals surface area (Å²) in [4.78, 5) is 16.0. The summed E-state index contributed by atoms with van der Waals surface area (Å²) in [6.45, 7) is 4.17. The Balaban J connectivity index is 1.90. The second-order valence-corrected chi connectivity index (χ2v) is 5.17. The number of carbonyl (C=O) groups is 1. The molecule has 2 aromatic rings. The van der Waals surface area contributed by atoms with E-state index in [1.807, 2.05) is 19.1 Å². The van der Waals surface area contributed by atoms with Gasteiger partial charge in [0, 0.05) is 23.0 Å². The molecule has 1 N–H and O–H groups in total. The molecule has 0 spiro atoms. The molecule has 2 rings (SSSR count). The van der Waals surface area contributed by atoms with Gasteiger partial charge in [-0.05, 0) is 37.6 Å². The molecule has 0 unspecified atom stereocenters. The van der Waals surface area contributed by atoms with E-state index in [4.69, 9.17) is 4.52 Å². The van der Waals surface area contributed by atoms with Crippen LogP contribution in [-0.2, 0) is 6.42 Å². The van der Waals surface area contributed by atoms with E-state index in [9.17, 15) is 4.79 Å². The molecule has 0 aliphatic rings. The van der Waals surface area contributed by atoms with Crippen molar-refractivity contribution >= 4 is 21.8 Å². The number of amides is 1. The quantitative estimate of drug-likeness (QED) is 0.938. The molecule has 19 heavy (non-hydrogen) atoms. The maximum atomic E-state index is 11.9. The molecule has 5 nitrogen and oxygen atoms in total. The van der Waals surface area contributed by atoms with Crippen LogP contribution in [0, 0.1) is 13.8 Å². The molecule has 0 saturated carbocycles. The number of hydrogen-bond acceptors (Lipinski definition) is 4. The number of rotatable bonds is 4. The third-order valence-electron chi connectivity index (χ3n) is 2.50. The van der Waals surface area contributed by atoms with E-state index in [0.717, 1.165) is 10.0 Å². The maximum absolute atomic E-state index is 11.9. The van der Waals surface area contributed by atoms with E-state index in [1.54, 1.807) is 13.0 Å². The molecule has 0 radical (unpaired) electrons. The van der Waals surface area contributed by atoms with Gasteiger partial charge < -0.3 is 9.84 Å². The lowest BCUT2D eigenvalue weighted by Crippen LogP contribution is -2.25. The second kappa shape index (κ2) is 5.97. The van der Waals surface area contributed by atoms with Gasteiger partial charge in [0.1, 0.15) is 0 Å². The molecule has 100 valence electrons. The molecule has 6 heteroatoms. The first-order valence-corrected chi connectivity index (χ1v) is 6.68. The molecular formula is C13H14BrN3O2. The summed E-state index contributed by atoms with van der Waals surface area (Å²) in [6, 6.07) is 5.59. The van der Waals surface area contributed by atoms with Gasteiger partial charge >= 0.3 is 0 Å². The van der Waals surface area contributed by atoms with Crippen LogP contribution in [-0.4, -0.2) is 22.6 Å². The van der Waals surface area contributed by atoms with Crippen LogP contribution in [0.3, 0.4) is 0 Å². The zero-order chi connectivity index (χ0) is 13.8. The van der Waals surface area contributed by atoms with E-state index in [1.165, 1.54) is 0 Å². The van der Waals surface area contributed by atoms with Crippen molar-refractivity contribution in [2.75, 3.05) is 6.54 Å². The summed E-state index contributed by atoms with van der Waals surface area (Å²) in [7, 11) is 0. The Hall–Kier alpha value is -1.69. The normalized spacial score (nSPS) is 10.5. The third kappa shape index (κ3) is 3.89. The van der Waals surface area contributed by atoms with E-state index >= 15 is 0 Å². The predicted octanol–water partition coefficient (Wildman–Crippen LogP) is 2.42. The summed E-state index contributed by atoms with van der Waals surface area (Å²) in [5, 5.41) is 6.51. The molecule has 1 aromatic carbocycles. The summed E-state index contributed by atoms with van der Waals surface area (Å²) >= 11 is 3.38. The Kier molecular flexibility index (Phi) is 4.31. The second-order valence-electron chi connectivity index (χ2n) is 4.26. The van der Waals surface area contributed by atoms with Crippen LogP contribution < -0.4 is 5.32 Å². The predicted molar refractivity (Wildman–Crippen MR) is 74.0 cm³/mol.